The number of rotatable bonds is 6. The standard InChI is InChI=1S/C14H26N2O2.ClH/c1-15-9-8-14(17)16(12-5-2-3-6-12)11-13-7-4-10-18-13;/h12-13,15H,2-11H2,1H3;1H. The van der Waals surface area contributed by atoms with Crippen LogP contribution in [0.2, 0.25) is 0 Å². The van der Waals surface area contributed by atoms with E-state index in [9.17, 15) is 4.79 Å². The number of amides is 1. The average Bonchev–Trinajstić information content (AvgIpc) is 3.05. The molecule has 1 unspecified atom stereocenters. The van der Waals surface area contributed by atoms with Gasteiger partial charge in [-0.05, 0) is 32.7 Å². The van der Waals surface area contributed by atoms with Gasteiger partial charge in [-0.15, -0.1) is 12.4 Å². The molecule has 0 spiro atoms. The molecule has 112 valence electrons. The lowest BCUT2D eigenvalue weighted by atomic mass is 10.1. The van der Waals surface area contributed by atoms with Crippen molar-refractivity contribution in [1.82, 2.24) is 10.2 Å². The molecule has 1 N–H and O–H groups in total. The highest BCUT2D eigenvalue weighted by Gasteiger charge is 2.29. The summed E-state index contributed by atoms with van der Waals surface area (Å²) in [5, 5.41) is 3.06. The molecule has 0 radical (unpaired) electrons. The first-order valence-electron chi connectivity index (χ1n) is 7.37. The number of nitrogens with one attached hydrogen (secondary N) is 1. The molecule has 19 heavy (non-hydrogen) atoms. The molecule has 2 aliphatic rings. The molecule has 1 heterocycles. The number of hydrogen-bond donors (Lipinski definition) is 1. The van der Waals surface area contributed by atoms with Crippen molar-refractivity contribution in [2.75, 3.05) is 26.7 Å². The minimum atomic E-state index is 0. The van der Waals surface area contributed by atoms with E-state index >= 15 is 0 Å². The third-order valence-electron chi connectivity index (χ3n) is 4.10. The number of carbonyl (C=O) groups excluding carboxylic acids is 1. The summed E-state index contributed by atoms with van der Waals surface area (Å²) in [5.41, 5.74) is 0. The second-order valence-corrected chi connectivity index (χ2v) is 5.47. The zero-order valence-electron chi connectivity index (χ0n) is 11.9. The van der Waals surface area contributed by atoms with E-state index < -0.39 is 0 Å². The summed E-state index contributed by atoms with van der Waals surface area (Å²) in [4.78, 5) is 14.4. The number of nitrogens with zero attached hydrogens (tertiary/aromatic N) is 1. The van der Waals surface area contributed by atoms with Gasteiger partial charge in [0.1, 0.15) is 0 Å². The third kappa shape index (κ3) is 4.93. The number of hydrogen-bond acceptors (Lipinski definition) is 3. The fourth-order valence-electron chi connectivity index (χ4n) is 3.05. The number of carbonyl (C=O) groups is 1. The van der Waals surface area contributed by atoms with Crippen LogP contribution in [0.15, 0.2) is 0 Å². The van der Waals surface area contributed by atoms with Crippen molar-refractivity contribution < 1.29 is 9.53 Å². The van der Waals surface area contributed by atoms with Crippen LogP contribution in [0.3, 0.4) is 0 Å². The van der Waals surface area contributed by atoms with Gasteiger partial charge >= 0.3 is 0 Å². The summed E-state index contributed by atoms with van der Waals surface area (Å²) in [6.45, 7) is 2.45. The van der Waals surface area contributed by atoms with E-state index in [1.165, 1.54) is 25.7 Å². The van der Waals surface area contributed by atoms with Crippen LogP contribution >= 0.6 is 12.4 Å². The van der Waals surface area contributed by atoms with Gasteiger partial charge in [-0.3, -0.25) is 4.79 Å². The number of ether oxygens (including phenoxy) is 1. The van der Waals surface area contributed by atoms with Crippen molar-refractivity contribution in [3.8, 4) is 0 Å². The molecule has 1 atom stereocenters. The largest absolute Gasteiger partial charge is 0.376 e. The second kappa shape index (κ2) is 8.77. The summed E-state index contributed by atoms with van der Waals surface area (Å²) in [5.74, 6) is 0.298. The van der Waals surface area contributed by atoms with Crippen LogP contribution in [-0.4, -0.2) is 49.7 Å². The van der Waals surface area contributed by atoms with E-state index in [0.29, 0.717) is 18.4 Å². The van der Waals surface area contributed by atoms with Gasteiger partial charge in [-0.1, -0.05) is 12.8 Å². The quantitative estimate of drug-likeness (QED) is 0.813. The Morgan fingerprint density at radius 1 is 1.26 bits per heavy atom. The van der Waals surface area contributed by atoms with Crippen molar-refractivity contribution in [2.24, 2.45) is 0 Å². The first kappa shape index (κ1) is 16.7. The van der Waals surface area contributed by atoms with E-state index in [0.717, 1.165) is 32.5 Å². The Kier molecular flexibility index (Phi) is 7.73. The van der Waals surface area contributed by atoms with Crippen molar-refractivity contribution >= 4 is 18.3 Å². The van der Waals surface area contributed by atoms with Crippen LogP contribution in [0, 0.1) is 0 Å². The van der Waals surface area contributed by atoms with Crippen molar-refractivity contribution in [2.45, 2.75) is 57.1 Å². The van der Waals surface area contributed by atoms with E-state index in [4.69, 9.17) is 4.74 Å². The minimum absolute atomic E-state index is 0. The molecular weight excluding hydrogens is 264 g/mol. The molecule has 0 aromatic rings. The molecule has 2 rings (SSSR count). The first-order valence-corrected chi connectivity index (χ1v) is 7.37. The second-order valence-electron chi connectivity index (χ2n) is 5.47. The van der Waals surface area contributed by atoms with Gasteiger partial charge in [0, 0.05) is 32.2 Å². The fourth-order valence-corrected chi connectivity index (χ4v) is 3.05. The van der Waals surface area contributed by atoms with Gasteiger partial charge in [-0.2, -0.15) is 0 Å². The monoisotopic (exact) mass is 290 g/mol. The molecule has 5 heteroatoms. The molecule has 1 aliphatic heterocycles. The maximum atomic E-state index is 12.3. The van der Waals surface area contributed by atoms with Crippen LogP contribution in [0.25, 0.3) is 0 Å². The lowest BCUT2D eigenvalue weighted by Crippen LogP contribution is -2.44. The topological polar surface area (TPSA) is 41.6 Å². The predicted molar refractivity (Wildman–Crippen MR) is 78.7 cm³/mol. The molecule has 0 aromatic heterocycles. The van der Waals surface area contributed by atoms with E-state index in [1.807, 2.05) is 7.05 Å². The van der Waals surface area contributed by atoms with Gasteiger partial charge in [0.2, 0.25) is 5.91 Å². The predicted octanol–water partition coefficient (Wildman–Crippen LogP) is 1.97. The Morgan fingerprint density at radius 2 is 2.00 bits per heavy atom. The molecule has 0 bridgehead atoms. The van der Waals surface area contributed by atoms with Gasteiger partial charge in [0.25, 0.3) is 0 Å². The van der Waals surface area contributed by atoms with Crippen LogP contribution in [-0.2, 0) is 9.53 Å². The molecule has 4 nitrogen and oxygen atoms in total. The molecular formula is C14H27ClN2O2. The van der Waals surface area contributed by atoms with E-state index in [1.54, 1.807) is 0 Å². The third-order valence-corrected chi connectivity index (χ3v) is 4.10. The Morgan fingerprint density at radius 3 is 2.58 bits per heavy atom. The van der Waals surface area contributed by atoms with Crippen molar-refractivity contribution in [1.29, 1.82) is 0 Å². The fraction of sp³-hybridized carbons (Fsp3) is 0.929. The maximum absolute atomic E-state index is 12.3. The molecule has 2 fully saturated rings. The highest BCUT2D eigenvalue weighted by Crippen LogP contribution is 2.25. The van der Waals surface area contributed by atoms with E-state index in [-0.39, 0.29) is 18.5 Å². The molecule has 1 saturated heterocycles. The van der Waals surface area contributed by atoms with Crippen LogP contribution in [0.1, 0.15) is 44.9 Å². The van der Waals surface area contributed by atoms with Crippen LogP contribution < -0.4 is 5.32 Å². The SMILES string of the molecule is CNCCC(=O)N(CC1CCCO1)C1CCCC1.Cl. The summed E-state index contributed by atoms with van der Waals surface area (Å²) < 4.78 is 5.69. The Balaban J connectivity index is 0.00000180. The zero-order chi connectivity index (χ0) is 12.8. The Labute approximate surface area is 122 Å². The Bertz CT molecular complexity index is 264. The molecule has 1 amide bonds. The normalized spacial score (nSPS) is 23.3. The highest BCUT2D eigenvalue weighted by molar-refractivity contribution is 5.85. The summed E-state index contributed by atoms with van der Waals surface area (Å²) in [6, 6.07) is 0.471. The van der Waals surface area contributed by atoms with Gasteiger partial charge in [0.15, 0.2) is 0 Å². The van der Waals surface area contributed by atoms with Crippen LogP contribution in [0.5, 0.6) is 0 Å². The lowest BCUT2D eigenvalue weighted by Gasteiger charge is -2.31. The summed E-state index contributed by atoms with van der Waals surface area (Å²) in [6.07, 6.45) is 8.05. The zero-order valence-corrected chi connectivity index (χ0v) is 12.7. The number of halogens is 1. The first-order chi connectivity index (χ1) is 8.81. The van der Waals surface area contributed by atoms with Crippen molar-refractivity contribution in [3.05, 3.63) is 0 Å². The maximum Gasteiger partial charge on any atom is 0.224 e. The highest BCUT2D eigenvalue weighted by atomic mass is 35.5. The van der Waals surface area contributed by atoms with E-state index in [2.05, 4.69) is 10.2 Å². The Hall–Kier alpha value is -0.320. The van der Waals surface area contributed by atoms with Gasteiger partial charge < -0.3 is 15.0 Å². The summed E-state index contributed by atoms with van der Waals surface area (Å²) in [7, 11) is 1.90. The van der Waals surface area contributed by atoms with Crippen LogP contribution in [0.4, 0.5) is 0 Å². The van der Waals surface area contributed by atoms with Gasteiger partial charge in [0.05, 0.1) is 6.10 Å². The molecule has 1 aliphatic carbocycles. The van der Waals surface area contributed by atoms with Crippen molar-refractivity contribution in [3.63, 3.8) is 0 Å². The molecule has 0 aromatic carbocycles. The smallest absolute Gasteiger partial charge is 0.224 e. The average molecular weight is 291 g/mol. The summed E-state index contributed by atoms with van der Waals surface area (Å²) >= 11 is 0. The van der Waals surface area contributed by atoms with Gasteiger partial charge in [-0.25, -0.2) is 0 Å². The minimum Gasteiger partial charge on any atom is -0.376 e. The lowest BCUT2D eigenvalue weighted by molar-refractivity contribution is -0.135. The molecule has 1 saturated carbocycles.